The number of hydrogen-bond donors (Lipinski definition) is 0. The van der Waals surface area contributed by atoms with Crippen LogP contribution in [0, 0.1) is 5.41 Å². The van der Waals surface area contributed by atoms with E-state index >= 15 is 0 Å². The maximum absolute atomic E-state index is 5.35. The molecule has 2 saturated carbocycles. The summed E-state index contributed by atoms with van der Waals surface area (Å²) in [5, 5.41) is 4.15. The van der Waals surface area contributed by atoms with Crippen LogP contribution < -0.4 is 0 Å². The van der Waals surface area contributed by atoms with E-state index in [-0.39, 0.29) is 0 Å². The third kappa shape index (κ3) is 1.60. The van der Waals surface area contributed by atoms with Gasteiger partial charge in [-0.05, 0) is 31.8 Å². The van der Waals surface area contributed by atoms with Gasteiger partial charge in [-0.1, -0.05) is 23.2 Å². The molecule has 2 aliphatic rings. The van der Waals surface area contributed by atoms with E-state index in [1.807, 2.05) is 0 Å². The summed E-state index contributed by atoms with van der Waals surface area (Å²) in [5.41, 5.74) is 3.21. The molecule has 1 spiro atoms. The maximum Gasteiger partial charge on any atom is 0.136 e. The van der Waals surface area contributed by atoms with Crippen molar-refractivity contribution in [2.75, 3.05) is 6.61 Å². The summed E-state index contributed by atoms with van der Waals surface area (Å²) in [6.07, 6.45) is 8.20. The molecule has 0 aromatic rings. The van der Waals surface area contributed by atoms with Crippen LogP contribution >= 0.6 is 11.6 Å². The number of rotatable bonds is 3. The number of oxime groups is 1. The van der Waals surface area contributed by atoms with E-state index < -0.39 is 0 Å². The first-order valence-corrected chi connectivity index (χ1v) is 5.26. The smallest absolute Gasteiger partial charge is 0.136 e. The molecule has 0 unspecified atom stereocenters. The molecular formula is C10H14ClNO. The molecule has 0 saturated heterocycles. The molecule has 0 aromatic heterocycles. The fourth-order valence-electron chi connectivity index (χ4n) is 2.07. The summed E-state index contributed by atoms with van der Waals surface area (Å²) in [5.74, 6) is 0. The normalized spacial score (nSPS) is 27.6. The summed E-state index contributed by atoms with van der Waals surface area (Å²) < 4.78 is 0. The second-order valence-electron chi connectivity index (χ2n) is 3.83. The second-order valence-corrected chi connectivity index (χ2v) is 4.08. The molecule has 2 aliphatic carbocycles. The quantitative estimate of drug-likeness (QED) is 0.506. The van der Waals surface area contributed by atoms with Gasteiger partial charge in [0.15, 0.2) is 0 Å². The average molecular weight is 200 g/mol. The zero-order chi connectivity index (χ0) is 9.15. The first-order valence-electron chi connectivity index (χ1n) is 4.82. The van der Waals surface area contributed by atoms with Gasteiger partial charge in [-0.2, -0.15) is 0 Å². The zero-order valence-electron chi connectivity index (χ0n) is 7.63. The molecule has 0 bridgehead atoms. The minimum Gasteiger partial charge on any atom is -0.392 e. The van der Waals surface area contributed by atoms with E-state index in [0.29, 0.717) is 12.0 Å². The Labute approximate surface area is 83.6 Å². The molecule has 2 fully saturated rings. The Morgan fingerprint density at radius 3 is 2.77 bits per heavy atom. The van der Waals surface area contributed by atoms with Gasteiger partial charge in [-0.3, -0.25) is 0 Å². The fourth-order valence-corrected chi connectivity index (χ4v) is 2.14. The monoisotopic (exact) mass is 199 g/mol. The maximum atomic E-state index is 5.35. The molecule has 0 N–H and O–H groups in total. The van der Waals surface area contributed by atoms with Crippen molar-refractivity contribution in [1.82, 2.24) is 0 Å². The lowest BCUT2D eigenvalue weighted by Gasteiger charge is -2.49. The van der Waals surface area contributed by atoms with Gasteiger partial charge >= 0.3 is 0 Å². The van der Waals surface area contributed by atoms with Crippen LogP contribution in [-0.4, -0.2) is 12.3 Å². The van der Waals surface area contributed by atoms with Crippen LogP contribution in [0.25, 0.3) is 0 Å². The van der Waals surface area contributed by atoms with Crippen molar-refractivity contribution < 1.29 is 4.84 Å². The Balaban J connectivity index is 1.80. The summed E-state index contributed by atoms with van der Waals surface area (Å²) in [6, 6.07) is 0. The average Bonchev–Trinajstić information content (AvgIpc) is 1.99. The molecule has 2 rings (SSSR count). The van der Waals surface area contributed by atoms with Crippen LogP contribution in [0.1, 0.15) is 32.1 Å². The summed E-state index contributed by atoms with van der Waals surface area (Å²) in [4.78, 5) is 5.13. The van der Waals surface area contributed by atoms with E-state index in [2.05, 4.69) is 5.16 Å². The summed E-state index contributed by atoms with van der Waals surface area (Å²) in [7, 11) is 0. The molecule has 3 heteroatoms. The standard InChI is InChI=1S/C10H14ClNO/c11-7-2-8-13-12-9-3-6-10(9)4-1-5-10/h2,7H,1,3-6,8H2/b7-2+,12-9-. The predicted octanol–water partition coefficient (Wildman–Crippen LogP) is 3.08. The first-order chi connectivity index (χ1) is 6.37. The highest BCUT2D eigenvalue weighted by Gasteiger charge is 2.48. The van der Waals surface area contributed by atoms with Gasteiger partial charge in [0.25, 0.3) is 0 Å². The van der Waals surface area contributed by atoms with E-state index in [0.717, 1.165) is 6.42 Å². The van der Waals surface area contributed by atoms with Crippen LogP contribution in [0.4, 0.5) is 0 Å². The van der Waals surface area contributed by atoms with E-state index in [1.165, 1.54) is 36.9 Å². The van der Waals surface area contributed by atoms with E-state index in [9.17, 15) is 0 Å². The minimum atomic E-state index is 0.477. The van der Waals surface area contributed by atoms with Crippen molar-refractivity contribution in [3.63, 3.8) is 0 Å². The van der Waals surface area contributed by atoms with Gasteiger partial charge in [0, 0.05) is 11.0 Å². The highest BCUT2D eigenvalue weighted by molar-refractivity contribution is 6.25. The number of hydrogen-bond acceptors (Lipinski definition) is 2. The lowest BCUT2D eigenvalue weighted by molar-refractivity contribution is 0.131. The number of halogens is 1. The highest BCUT2D eigenvalue weighted by atomic mass is 35.5. The number of nitrogens with zero attached hydrogens (tertiary/aromatic N) is 1. The Morgan fingerprint density at radius 2 is 2.31 bits per heavy atom. The lowest BCUT2D eigenvalue weighted by atomic mass is 9.55. The van der Waals surface area contributed by atoms with E-state index in [1.54, 1.807) is 6.08 Å². The Hall–Kier alpha value is -0.500. The van der Waals surface area contributed by atoms with Gasteiger partial charge in [-0.25, -0.2) is 0 Å². The van der Waals surface area contributed by atoms with Crippen LogP contribution in [0.5, 0.6) is 0 Å². The van der Waals surface area contributed by atoms with Crippen molar-refractivity contribution >= 4 is 17.3 Å². The Bertz CT molecular complexity index is 238. The van der Waals surface area contributed by atoms with Gasteiger partial charge in [-0.15, -0.1) is 0 Å². The molecule has 13 heavy (non-hydrogen) atoms. The Morgan fingerprint density at radius 1 is 1.46 bits per heavy atom. The van der Waals surface area contributed by atoms with Crippen LogP contribution in [-0.2, 0) is 4.84 Å². The van der Waals surface area contributed by atoms with Crippen molar-refractivity contribution in [2.45, 2.75) is 32.1 Å². The van der Waals surface area contributed by atoms with Gasteiger partial charge in [0.2, 0.25) is 0 Å². The molecule has 0 aliphatic heterocycles. The van der Waals surface area contributed by atoms with Gasteiger partial charge in [0.05, 0.1) is 5.71 Å². The van der Waals surface area contributed by atoms with Crippen LogP contribution in [0.15, 0.2) is 16.8 Å². The molecule has 0 amide bonds. The third-order valence-electron chi connectivity index (χ3n) is 3.20. The SMILES string of the molecule is Cl/C=C/CO/N=C1/CCC12CCC2. The molecule has 0 aromatic carbocycles. The minimum absolute atomic E-state index is 0.477. The van der Waals surface area contributed by atoms with Gasteiger partial charge < -0.3 is 4.84 Å². The molecule has 0 radical (unpaired) electrons. The summed E-state index contributed by atoms with van der Waals surface area (Å²) >= 11 is 5.35. The van der Waals surface area contributed by atoms with Crippen molar-refractivity contribution in [3.8, 4) is 0 Å². The van der Waals surface area contributed by atoms with E-state index in [4.69, 9.17) is 16.4 Å². The first kappa shape index (κ1) is 9.07. The van der Waals surface area contributed by atoms with Crippen molar-refractivity contribution in [2.24, 2.45) is 10.6 Å². The zero-order valence-corrected chi connectivity index (χ0v) is 8.39. The van der Waals surface area contributed by atoms with Crippen molar-refractivity contribution in [3.05, 3.63) is 11.6 Å². The fraction of sp³-hybridized carbons (Fsp3) is 0.700. The molecule has 0 atom stereocenters. The molecular weight excluding hydrogens is 186 g/mol. The van der Waals surface area contributed by atoms with Crippen LogP contribution in [0.2, 0.25) is 0 Å². The summed E-state index contributed by atoms with van der Waals surface area (Å²) in [6.45, 7) is 0.489. The molecule has 0 heterocycles. The van der Waals surface area contributed by atoms with Gasteiger partial charge in [0.1, 0.15) is 6.61 Å². The van der Waals surface area contributed by atoms with Crippen molar-refractivity contribution in [1.29, 1.82) is 0 Å². The third-order valence-corrected chi connectivity index (χ3v) is 3.38. The topological polar surface area (TPSA) is 21.6 Å². The molecule has 2 nitrogen and oxygen atoms in total. The predicted molar refractivity (Wildman–Crippen MR) is 53.9 cm³/mol. The second kappa shape index (κ2) is 3.70. The lowest BCUT2D eigenvalue weighted by Crippen LogP contribution is -2.46. The largest absolute Gasteiger partial charge is 0.392 e. The Kier molecular flexibility index (Phi) is 2.58. The molecule has 72 valence electrons. The highest BCUT2D eigenvalue weighted by Crippen LogP contribution is 2.53. The van der Waals surface area contributed by atoms with Crippen LogP contribution in [0.3, 0.4) is 0 Å².